The Morgan fingerprint density at radius 2 is 1.98 bits per heavy atom. The van der Waals surface area contributed by atoms with Crippen molar-refractivity contribution in [3.63, 3.8) is 0 Å². The van der Waals surface area contributed by atoms with Crippen LogP contribution in [-0.2, 0) is 30.6 Å². The van der Waals surface area contributed by atoms with E-state index < -0.39 is 49.4 Å². The number of halogens is 1. The second-order valence-corrected chi connectivity index (χ2v) is 16.2. The summed E-state index contributed by atoms with van der Waals surface area (Å²) < 4.78 is 42.0. The van der Waals surface area contributed by atoms with Crippen LogP contribution in [0.15, 0.2) is 48.8 Å². The normalized spacial score (nSPS) is 23.0. The Balaban J connectivity index is 1.43. The summed E-state index contributed by atoms with van der Waals surface area (Å²) in [4.78, 5) is 28.0. The van der Waals surface area contributed by atoms with Crippen LogP contribution in [0.3, 0.4) is 0 Å². The van der Waals surface area contributed by atoms with Gasteiger partial charge in [0.05, 0.1) is 19.5 Å². The zero-order valence-corrected chi connectivity index (χ0v) is 29.6. The average molecular weight is 699 g/mol. The molecular formula is C33H40FN6O6PS. The first-order valence-electron chi connectivity index (χ1n) is 15.3. The Bertz CT molecular complexity index is 1910. The molecule has 0 amide bonds. The van der Waals surface area contributed by atoms with Crippen LogP contribution in [0.4, 0.5) is 10.2 Å². The molecule has 4 aromatic rings. The van der Waals surface area contributed by atoms with Gasteiger partial charge < -0.3 is 28.5 Å². The van der Waals surface area contributed by atoms with Gasteiger partial charge in [-0.05, 0) is 42.5 Å². The number of rotatable bonds is 11. The number of nitrogens with one attached hydrogen (secondary N) is 1. The average Bonchev–Trinajstić information content (AvgIpc) is 3.55. The Morgan fingerprint density at radius 1 is 1.27 bits per heavy atom. The molecule has 1 saturated heterocycles. The van der Waals surface area contributed by atoms with Gasteiger partial charge in [0.15, 0.2) is 23.2 Å². The van der Waals surface area contributed by atoms with E-state index in [1.54, 1.807) is 45.0 Å². The third-order valence-electron chi connectivity index (χ3n) is 7.59. The van der Waals surface area contributed by atoms with Crippen molar-refractivity contribution in [3.05, 3.63) is 54.6 Å². The maximum absolute atomic E-state index is 16.5. The van der Waals surface area contributed by atoms with E-state index in [2.05, 4.69) is 26.0 Å². The van der Waals surface area contributed by atoms with Crippen LogP contribution >= 0.6 is 6.64 Å². The number of alkyl halides is 1. The lowest BCUT2D eigenvalue weighted by Crippen LogP contribution is -2.42. The monoisotopic (exact) mass is 698 g/mol. The molecule has 0 saturated carbocycles. The second kappa shape index (κ2) is 13.7. The Labute approximate surface area is 284 Å². The molecule has 2 N–H and O–H groups in total. The lowest BCUT2D eigenvalue weighted by molar-refractivity contribution is -0.148. The van der Waals surface area contributed by atoms with Gasteiger partial charge >= 0.3 is 12.6 Å². The number of carbonyl (C=O) groups excluding carboxylic acids is 1. The number of esters is 1. The summed E-state index contributed by atoms with van der Waals surface area (Å²) >= 11 is 5.92. The van der Waals surface area contributed by atoms with E-state index in [9.17, 15) is 9.90 Å². The number of imidazole rings is 1. The zero-order valence-electron chi connectivity index (χ0n) is 27.9. The number of aliphatic hydroxyl groups excluding tert-OH is 1. The highest BCUT2D eigenvalue weighted by molar-refractivity contribution is 8.09. The maximum Gasteiger partial charge on any atom is 0.323 e. The van der Waals surface area contributed by atoms with Crippen LogP contribution < -0.4 is 14.5 Å². The molecule has 6 atom stereocenters. The number of aromatic nitrogens is 4. The summed E-state index contributed by atoms with van der Waals surface area (Å²) in [5, 5.41) is 15.9. The molecule has 0 unspecified atom stereocenters. The van der Waals surface area contributed by atoms with E-state index >= 15 is 4.39 Å². The van der Waals surface area contributed by atoms with Crippen molar-refractivity contribution in [2.45, 2.75) is 64.8 Å². The number of nitrogens with zero attached hydrogens (tertiary/aromatic N) is 5. The van der Waals surface area contributed by atoms with Gasteiger partial charge in [-0.3, -0.25) is 9.36 Å². The molecule has 2 aromatic carbocycles. The molecule has 1 fully saturated rings. The molecule has 12 nitrogen and oxygen atoms in total. The molecular weight excluding hydrogens is 658 g/mol. The standard InChI is InChI=1S/C33H40FN6O6PS/c1-9-33(34)27(41)25(45-31(33)40-19-35-26-28(39(7)8)36-21(3)37-29(26)40)17-44-47(48,38-20(2)30(42)43-18-32(4,5)6)46-24-16-12-14-22-13-10-11-15-23(22)24/h1,10-16,19-20,25,27,31,41H,17-18H2,2-8H3,(H,38,48)/t20-,25-,27-,31-,33-,47-/m1/s1. The van der Waals surface area contributed by atoms with Crippen molar-refractivity contribution in [1.82, 2.24) is 24.6 Å². The van der Waals surface area contributed by atoms with E-state index in [0.29, 0.717) is 22.9 Å². The van der Waals surface area contributed by atoms with Crippen molar-refractivity contribution in [2.24, 2.45) is 5.41 Å². The molecule has 1 aliphatic rings. The number of aliphatic hydroxyl groups is 1. The lowest BCUT2D eigenvalue weighted by Gasteiger charge is -2.28. The number of carbonyl (C=O) groups is 1. The molecule has 256 valence electrons. The van der Waals surface area contributed by atoms with E-state index in [4.69, 9.17) is 36.8 Å². The third kappa shape index (κ3) is 7.32. The second-order valence-electron chi connectivity index (χ2n) is 13.1. The molecule has 2 aromatic heterocycles. The Hall–Kier alpha value is -3.70. The highest BCUT2D eigenvalue weighted by Crippen LogP contribution is 2.49. The minimum atomic E-state index is -3.62. The van der Waals surface area contributed by atoms with Crippen molar-refractivity contribution in [3.8, 4) is 18.1 Å². The van der Waals surface area contributed by atoms with Gasteiger partial charge in [-0.15, -0.1) is 6.42 Å². The SMILES string of the molecule is C#C[C@@]1(F)[C@H](O)[C@@H](CO[P@](=S)(N[C@H](C)C(=O)OCC(C)(C)C)Oc2cccc3ccccc23)O[C@H]1n1cnc2c(N(C)C)nc(C)nc21. The summed E-state index contributed by atoms with van der Waals surface area (Å²) in [6.45, 7) is 5.24. The third-order valence-corrected chi connectivity index (χ3v) is 10.1. The number of fused-ring (bicyclic) bond motifs is 2. The molecule has 5 rings (SSSR count). The van der Waals surface area contributed by atoms with E-state index in [0.717, 1.165) is 10.8 Å². The summed E-state index contributed by atoms with van der Waals surface area (Å²) in [6, 6.07) is 12.1. The molecule has 48 heavy (non-hydrogen) atoms. The first-order chi connectivity index (χ1) is 22.5. The summed E-state index contributed by atoms with van der Waals surface area (Å²) in [6.07, 6.45) is 2.38. The lowest BCUT2D eigenvalue weighted by atomic mass is 9.97. The highest BCUT2D eigenvalue weighted by Gasteiger charge is 2.58. The van der Waals surface area contributed by atoms with E-state index in [1.165, 1.54) is 10.9 Å². The molecule has 3 heterocycles. The fourth-order valence-corrected chi connectivity index (χ4v) is 7.59. The largest absolute Gasteiger partial charge is 0.464 e. The predicted molar refractivity (Wildman–Crippen MR) is 185 cm³/mol. The topological polar surface area (TPSA) is 133 Å². The van der Waals surface area contributed by atoms with Gasteiger partial charge in [0, 0.05) is 19.5 Å². The van der Waals surface area contributed by atoms with Crippen molar-refractivity contribution < 1.29 is 32.8 Å². The Morgan fingerprint density at radius 3 is 2.67 bits per heavy atom. The zero-order chi connectivity index (χ0) is 35.0. The molecule has 0 bridgehead atoms. The Kier molecular flexibility index (Phi) is 10.1. The molecule has 0 radical (unpaired) electrons. The van der Waals surface area contributed by atoms with Crippen LogP contribution in [0.2, 0.25) is 0 Å². The van der Waals surface area contributed by atoms with Gasteiger partial charge in [-0.25, -0.2) is 24.4 Å². The summed E-state index contributed by atoms with van der Waals surface area (Å²) in [7, 11) is 3.60. The molecule has 0 spiro atoms. The van der Waals surface area contributed by atoms with Crippen molar-refractivity contribution in [1.29, 1.82) is 0 Å². The molecule has 15 heteroatoms. The van der Waals surface area contributed by atoms with E-state index in [1.807, 2.05) is 51.1 Å². The van der Waals surface area contributed by atoms with Crippen LogP contribution in [0.5, 0.6) is 5.75 Å². The van der Waals surface area contributed by atoms with Crippen LogP contribution in [-0.4, -0.2) is 81.8 Å². The minimum absolute atomic E-state index is 0.184. The van der Waals surface area contributed by atoms with E-state index in [-0.39, 0.29) is 17.7 Å². The van der Waals surface area contributed by atoms with Crippen molar-refractivity contribution in [2.75, 3.05) is 32.2 Å². The first kappa shape index (κ1) is 35.6. The number of hydrogen-bond donors (Lipinski definition) is 2. The van der Waals surface area contributed by atoms with Crippen LogP contribution in [0.1, 0.15) is 39.7 Å². The fourth-order valence-electron chi connectivity index (χ4n) is 5.17. The number of anilines is 1. The number of hydrogen-bond acceptors (Lipinski definition) is 11. The van der Waals surface area contributed by atoms with Crippen LogP contribution in [0.25, 0.3) is 21.9 Å². The fraction of sp³-hybridized carbons (Fsp3) is 0.455. The van der Waals surface area contributed by atoms with Crippen molar-refractivity contribution >= 4 is 52.2 Å². The highest BCUT2D eigenvalue weighted by atomic mass is 32.5. The summed E-state index contributed by atoms with van der Waals surface area (Å²) in [5.41, 5.74) is -2.28. The van der Waals surface area contributed by atoms with Gasteiger partial charge in [-0.1, -0.05) is 63.1 Å². The smallest absolute Gasteiger partial charge is 0.323 e. The minimum Gasteiger partial charge on any atom is -0.464 e. The molecule has 1 aliphatic heterocycles. The maximum atomic E-state index is 16.5. The number of terminal acetylenes is 1. The van der Waals surface area contributed by atoms with Gasteiger partial charge in [0.2, 0.25) is 5.67 Å². The quantitative estimate of drug-likeness (QED) is 0.126. The van der Waals surface area contributed by atoms with Crippen LogP contribution in [0, 0.1) is 24.7 Å². The first-order valence-corrected chi connectivity index (χ1v) is 17.9. The number of benzene rings is 2. The predicted octanol–water partition coefficient (Wildman–Crippen LogP) is 4.84. The molecule has 0 aliphatic carbocycles. The van der Waals surface area contributed by atoms with Gasteiger partial charge in [-0.2, -0.15) is 0 Å². The summed E-state index contributed by atoms with van der Waals surface area (Å²) in [5.74, 6) is 2.87. The number of ether oxygens (including phenoxy) is 2. The number of aryl methyl sites for hydroxylation is 1. The van der Waals surface area contributed by atoms with Gasteiger partial charge in [0.1, 0.15) is 29.8 Å². The van der Waals surface area contributed by atoms with Gasteiger partial charge in [0.25, 0.3) is 0 Å².